The molecule has 2 N–H and O–H groups in total. The van der Waals surface area contributed by atoms with E-state index in [0.29, 0.717) is 5.56 Å². The molecule has 1 aromatic rings. The highest BCUT2D eigenvalue weighted by molar-refractivity contribution is 7.84. The van der Waals surface area contributed by atoms with Gasteiger partial charge in [-0.25, -0.2) is 0 Å². The minimum absolute atomic E-state index is 0.153. The fourth-order valence-corrected chi connectivity index (χ4v) is 1.09. The Hall–Kier alpha value is -1.14. The number of hydrogen-bond donors (Lipinski definition) is 1. The van der Waals surface area contributed by atoms with E-state index in [1.807, 2.05) is 0 Å². The number of aromatic nitrogens is 1. The molecule has 0 aromatic carbocycles. The van der Waals surface area contributed by atoms with Crippen LogP contribution in [0.15, 0.2) is 18.5 Å². The summed E-state index contributed by atoms with van der Waals surface area (Å²) in [6.45, 7) is 1.70. The highest BCUT2D eigenvalue weighted by Crippen LogP contribution is 2.15. The molecule has 5 nitrogen and oxygen atoms in total. The van der Waals surface area contributed by atoms with E-state index in [-0.39, 0.29) is 5.75 Å². The predicted molar refractivity (Wildman–Crippen MR) is 42.7 cm³/mol. The lowest BCUT2D eigenvalue weighted by molar-refractivity contribution is 0.484. The summed E-state index contributed by atoms with van der Waals surface area (Å²) >= 11 is 0. The van der Waals surface area contributed by atoms with Gasteiger partial charge in [0, 0.05) is 6.20 Å². The van der Waals surface area contributed by atoms with Crippen LogP contribution in [0.2, 0.25) is 0 Å². The molecule has 0 saturated heterocycles. The molecule has 12 heavy (non-hydrogen) atoms. The monoisotopic (exact) mass is 188 g/mol. The van der Waals surface area contributed by atoms with Gasteiger partial charge in [-0.05, 0) is 18.6 Å². The van der Waals surface area contributed by atoms with E-state index in [1.165, 1.54) is 12.4 Å². The van der Waals surface area contributed by atoms with E-state index in [0.717, 1.165) is 0 Å². The third-order valence-electron chi connectivity index (χ3n) is 1.20. The van der Waals surface area contributed by atoms with Crippen molar-refractivity contribution in [3.05, 3.63) is 24.0 Å². The Balaban J connectivity index is 2.98. The molecule has 0 aliphatic heterocycles. The third kappa shape index (κ3) is 2.48. The number of aryl methyl sites for hydroxylation is 1. The highest BCUT2D eigenvalue weighted by Gasteiger charge is 2.06. The molecule has 6 heteroatoms. The summed E-state index contributed by atoms with van der Waals surface area (Å²) in [6.07, 6.45) is 2.82. The van der Waals surface area contributed by atoms with Crippen LogP contribution in [0.5, 0.6) is 5.75 Å². The van der Waals surface area contributed by atoms with Gasteiger partial charge in [0.15, 0.2) is 5.75 Å². The van der Waals surface area contributed by atoms with Gasteiger partial charge in [0.25, 0.3) is 0 Å². The fraction of sp³-hybridized carbons (Fsp3) is 0.167. The molecule has 1 aromatic heterocycles. The minimum Gasteiger partial charge on any atom is -0.369 e. The Labute approximate surface area is 70.4 Å². The molecular weight excluding hydrogens is 180 g/mol. The second kappa shape index (κ2) is 3.08. The summed E-state index contributed by atoms with van der Waals surface area (Å²) < 4.78 is 25.4. The lowest BCUT2D eigenvalue weighted by atomic mass is 10.3. The van der Waals surface area contributed by atoms with Crippen LogP contribution in [-0.2, 0) is 10.3 Å². The largest absolute Gasteiger partial charge is 0.380 e. The van der Waals surface area contributed by atoms with Crippen molar-refractivity contribution in [2.24, 2.45) is 5.14 Å². The number of rotatable bonds is 2. The van der Waals surface area contributed by atoms with Gasteiger partial charge in [0.1, 0.15) is 0 Å². The average Bonchev–Trinajstić information content (AvgIpc) is 1.91. The van der Waals surface area contributed by atoms with Gasteiger partial charge in [0.2, 0.25) is 0 Å². The first-order valence-electron chi connectivity index (χ1n) is 3.12. The second-order valence-electron chi connectivity index (χ2n) is 2.22. The van der Waals surface area contributed by atoms with E-state index in [2.05, 4.69) is 14.3 Å². The Morgan fingerprint density at radius 3 is 2.75 bits per heavy atom. The zero-order valence-electron chi connectivity index (χ0n) is 6.39. The Bertz CT molecular complexity index is 374. The van der Waals surface area contributed by atoms with Crippen molar-refractivity contribution in [1.82, 2.24) is 4.98 Å². The number of pyridine rings is 1. The van der Waals surface area contributed by atoms with Gasteiger partial charge < -0.3 is 4.18 Å². The maximum Gasteiger partial charge on any atom is 0.380 e. The zero-order chi connectivity index (χ0) is 9.19. The Morgan fingerprint density at radius 2 is 2.25 bits per heavy atom. The van der Waals surface area contributed by atoms with Crippen LogP contribution in [0.3, 0.4) is 0 Å². The maximum atomic E-state index is 10.5. The smallest absolute Gasteiger partial charge is 0.369 e. The average molecular weight is 188 g/mol. The van der Waals surface area contributed by atoms with Crippen LogP contribution in [0.4, 0.5) is 0 Å². The van der Waals surface area contributed by atoms with Crippen molar-refractivity contribution in [2.45, 2.75) is 6.92 Å². The van der Waals surface area contributed by atoms with E-state index in [9.17, 15) is 8.42 Å². The molecule has 0 aliphatic rings. The molecule has 0 spiro atoms. The van der Waals surface area contributed by atoms with Crippen LogP contribution in [0, 0.1) is 6.92 Å². The van der Waals surface area contributed by atoms with E-state index < -0.39 is 10.3 Å². The van der Waals surface area contributed by atoms with E-state index in [4.69, 9.17) is 0 Å². The van der Waals surface area contributed by atoms with Crippen LogP contribution in [0.25, 0.3) is 0 Å². The van der Waals surface area contributed by atoms with Crippen LogP contribution in [-0.4, -0.2) is 13.4 Å². The van der Waals surface area contributed by atoms with Crippen molar-refractivity contribution in [2.75, 3.05) is 0 Å². The zero-order valence-corrected chi connectivity index (χ0v) is 7.21. The molecule has 0 saturated carbocycles. The molecule has 0 bridgehead atoms. The molecule has 0 fully saturated rings. The molecule has 1 heterocycles. The lowest BCUT2D eigenvalue weighted by Crippen LogP contribution is -2.19. The maximum absolute atomic E-state index is 10.5. The molecule has 1 rings (SSSR count). The summed E-state index contributed by atoms with van der Waals surface area (Å²) in [4.78, 5) is 3.68. The molecule has 0 radical (unpaired) electrons. The summed E-state index contributed by atoms with van der Waals surface area (Å²) in [6, 6.07) is 1.63. The van der Waals surface area contributed by atoms with Crippen molar-refractivity contribution in [3.63, 3.8) is 0 Å². The van der Waals surface area contributed by atoms with Crippen LogP contribution >= 0.6 is 0 Å². The molecule has 66 valence electrons. The lowest BCUT2D eigenvalue weighted by Gasteiger charge is -2.03. The Kier molecular flexibility index (Phi) is 2.30. The Morgan fingerprint density at radius 1 is 1.58 bits per heavy atom. The van der Waals surface area contributed by atoms with Gasteiger partial charge in [0.05, 0.1) is 6.20 Å². The van der Waals surface area contributed by atoms with Crippen molar-refractivity contribution < 1.29 is 12.6 Å². The summed E-state index contributed by atoms with van der Waals surface area (Å²) in [5.74, 6) is 0.153. The first-order valence-corrected chi connectivity index (χ1v) is 4.59. The molecule has 0 atom stereocenters. The first kappa shape index (κ1) is 8.95. The number of nitrogens with two attached hydrogens (primary N) is 1. The van der Waals surface area contributed by atoms with Crippen LogP contribution < -0.4 is 9.32 Å². The van der Waals surface area contributed by atoms with Gasteiger partial charge >= 0.3 is 10.3 Å². The summed E-state index contributed by atoms with van der Waals surface area (Å²) in [5.41, 5.74) is 0.666. The van der Waals surface area contributed by atoms with E-state index >= 15 is 0 Å². The number of hydrogen-bond acceptors (Lipinski definition) is 4. The van der Waals surface area contributed by atoms with E-state index in [1.54, 1.807) is 13.0 Å². The van der Waals surface area contributed by atoms with Crippen molar-refractivity contribution in [1.29, 1.82) is 0 Å². The first-order chi connectivity index (χ1) is 5.49. The van der Waals surface area contributed by atoms with Crippen molar-refractivity contribution >= 4 is 10.3 Å². The SMILES string of the molecule is Cc1ccncc1OS(N)(=O)=O. The number of nitrogens with zero attached hydrogens (tertiary/aromatic N) is 1. The predicted octanol–water partition coefficient (Wildman–Crippen LogP) is -0.0277. The normalized spacial score (nSPS) is 11.2. The summed E-state index contributed by atoms with van der Waals surface area (Å²) in [5, 5.41) is 4.66. The molecular formula is C6H8N2O3S. The van der Waals surface area contributed by atoms with Gasteiger partial charge in [-0.2, -0.15) is 13.6 Å². The topological polar surface area (TPSA) is 82.3 Å². The van der Waals surface area contributed by atoms with Gasteiger partial charge in [-0.1, -0.05) is 0 Å². The van der Waals surface area contributed by atoms with Crippen molar-refractivity contribution in [3.8, 4) is 5.75 Å². The fourth-order valence-electron chi connectivity index (χ4n) is 0.662. The quantitative estimate of drug-likeness (QED) is 0.706. The van der Waals surface area contributed by atoms with Gasteiger partial charge in [-0.15, -0.1) is 0 Å². The molecule has 0 amide bonds. The standard InChI is InChI=1S/C6H8N2O3S/c1-5-2-3-8-4-6(5)11-12(7,9)10/h2-4H,1H3,(H2,7,9,10). The highest BCUT2D eigenvalue weighted by atomic mass is 32.2. The second-order valence-corrected chi connectivity index (χ2v) is 3.37. The molecule has 0 aliphatic carbocycles. The molecule has 0 unspecified atom stereocenters. The third-order valence-corrected chi connectivity index (χ3v) is 1.61. The summed E-state index contributed by atoms with van der Waals surface area (Å²) in [7, 11) is -3.94. The van der Waals surface area contributed by atoms with Gasteiger partial charge in [-0.3, -0.25) is 4.98 Å². The minimum atomic E-state index is -3.94. The van der Waals surface area contributed by atoms with Crippen LogP contribution in [0.1, 0.15) is 5.56 Å².